The molecule has 3 N–H and O–H groups in total. The van der Waals surface area contributed by atoms with E-state index in [9.17, 15) is 0 Å². The number of hydrogen-bond acceptors (Lipinski definition) is 2. The van der Waals surface area contributed by atoms with Crippen LogP contribution in [0.3, 0.4) is 0 Å². The van der Waals surface area contributed by atoms with Gasteiger partial charge in [0, 0.05) is 6.04 Å². The van der Waals surface area contributed by atoms with Crippen molar-refractivity contribution in [1.29, 1.82) is 0 Å². The molecule has 14 heavy (non-hydrogen) atoms. The lowest BCUT2D eigenvalue weighted by Gasteiger charge is -2.09. The molecule has 0 saturated carbocycles. The van der Waals surface area contributed by atoms with Crippen LogP contribution in [0.5, 0.6) is 0 Å². The molecule has 0 aliphatic rings. The largest absolute Gasteiger partial charge is 0.324 e. The van der Waals surface area contributed by atoms with Crippen molar-refractivity contribution in [2.24, 2.45) is 5.73 Å². The average Bonchev–Trinajstić information content (AvgIpc) is 2.21. The zero-order valence-electron chi connectivity index (χ0n) is 9.46. The fraction of sp³-hybridized carbons (Fsp3) is 0.500. The van der Waals surface area contributed by atoms with Gasteiger partial charge in [0.25, 0.3) is 0 Å². The summed E-state index contributed by atoms with van der Waals surface area (Å²) in [6, 6.07) is 10.5. The SMILES string of the molecule is CCCC(N)c1ccccc1.CNC. The molecule has 0 saturated heterocycles. The molecule has 0 aliphatic carbocycles. The van der Waals surface area contributed by atoms with Gasteiger partial charge in [0.05, 0.1) is 0 Å². The molecule has 0 aromatic heterocycles. The fourth-order valence-corrected chi connectivity index (χ4v) is 1.18. The third-order valence-corrected chi connectivity index (χ3v) is 1.83. The smallest absolute Gasteiger partial charge is 0.0294 e. The van der Waals surface area contributed by atoms with Crippen LogP contribution in [0, 0.1) is 0 Å². The first-order chi connectivity index (χ1) is 6.76. The van der Waals surface area contributed by atoms with Crippen LogP contribution in [0.4, 0.5) is 0 Å². The molecule has 1 aromatic carbocycles. The molecular formula is C12H22N2. The van der Waals surface area contributed by atoms with E-state index < -0.39 is 0 Å². The topological polar surface area (TPSA) is 38.0 Å². The highest BCUT2D eigenvalue weighted by Gasteiger charge is 2.01. The lowest BCUT2D eigenvalue weighted by atomic mass is 10.0. The van der Waals surface area contributed by atoms with Gasteiger partial charge in [-0.25, -0.2) is 0 Å². The summed E-state index contributed by atoms with van der Waals surface area (Å²) in [6.45, 7) is 2.16. The van der Waals surface area contributed by atoms with Crippen molar-refractivity contribution in [3.63, 3.8) is 0 Å². The van der Waals surface area contributed by atoms with Gasteiger partial charge in [0.1, 0.15) is 0 Å². The van der Waals surface area contributed by atoms with Crippen molar-refractivity contribution >= 4 is 0 Å². The first kappa shape index (κ1) is 13.1. The van der Waals surface area contributed by atoms with Gasteiger partial charge in [-0.15, -0.1) is 0 Å². The van der Waals surface area contributed by atoms with Crippen molar-refractivity contribution in [2.75, 3.05) is 14.1 Å². The summed E-state index contributed by atoms with van der Waals surface area (Å²) in [4.78, 5) is 0. The minimum Gasteiger partial charge on any atom is -0.324 e. The van der Waals surface area contributed by atoms with E-state index in [1.54, 1.807) is 0 Å². The Morgan fingerprint density at radius 3 is 2.14 bits per heavy atom. The summed E-state index contributed by atoms with van der Waals surface area (Å²) in [7, 11) is 3.75. The molecular weight excluding hydrogens is 172 g/mol. The van der Waals surface area contributed by atoms with Gasteiger partial charge in [-0.05, 0) is 26.1 Å². The second-order valence-electron chi connectivity index (χ2n) is 3.31. The van der Waals surface area contributed by atoms with E-state index in [1.165, 1.54) is 5.56 Å². The maximum Gasteiger partial charge on any atom is 0.0294 e. The van der Waals surface area contributed by atoms with Crippen LogP contribution >= 0.6 is 0 Å². The van der Waals surface area contributed by atoms with E-state index in [-0.39, 0.29) is 6.04 Å². The molecule has 0 spiro atoms. The van der Waals surface area contributed by atoms with Crippen molar-refractivity contribution in [3.8, 4) is 0 Å². The van der Waals surface area contributed by atoms with E-state index in [4.69, 9.17) is 5.73 Å². The van der Waals surface area contributed by atoms with E-state index in [0.717, 1.165) is 12.8 Å². The monoisotopic (exact) mass is 194 g/mol. The van der Waals surface area contributed by atoms with Gasteiger partial charge in [-0.3, -0.25) is 0 Å². The third-order valence-electron chi connectivity index (χ3n) is 1.83. The molecule has 0 aliphatic heterocycles. The van der Waals surface area contributed by atoms with E-state index in [1.807, 2.05) is 32.3 Å². The maximum atomic E-state index is 5.91. The quantitative estimate of drug-likeness (QED) is 0.775. The maximum absolute atomic E-state index is 5.91. The number of benzene rings is 1. The van der Waals surface area contributed by atoms with E-state index in [0.29, 0.717) is 0 Å². The minimum atomic E-state index is 0.223. The molecule has 0 radical (unpaired) electrons. The Hall–Kier alpha value is -0.860. The Bertz CT molecular complexity index is 209. The summed E-state index contributed by atoms with van der Waals surface area (Å²) < 4.78 is 0. The highest BCUT2D eigenvalue weighted by molar-refractivity contribution is 5.18. The van der Waals surface area contributed by atoms with Crippen molar-refractivity contribution in [3.05, 3.63) is 35.9 Å². The van der Waals surface area contributed by atoms with Gasteiger partial charge in [0.15, 0.2) is 0 Å². The molecule has 80 valence electrons. The number of nitrogens with two attached hydrogens (primary N) is 1. The van der Waals surface area contributed by atoms with Gasteiger partial charge < -0.3 is 11.1 Å². The predicted molar refractivity (Wildman–Crippen MR) is 63.3 cm³/mol. The standard InChI is InChI=1S/C10H15N.C2H7N/c1-2-6-10(11)9-7-4-3-5-8-9;1-3-2/h3-5,7-8,10H,2,6,11H2,1H3;3H,1-2H3. The molecule has 0 heterocycles. The van der Waals surface area contributed by atoms with Crippen LogP contribution < -0.4 is 11.1 Å². The predicted octanol–water partition coefficient (Wildman–Crippen LogP) is 2.32. The zero-order valence-corrected chi connectivity index (χ0v) is 9.46. The Balaban J connectivity index is 0.000000500. The molecule has 1 atom stereocenters. The molecule has 0 fully saturated rings. The highest BCUT2D eigenvalue weighted by atomic mass is 14.7. The molecule has 0 bridgehead atoms. The number of nitrogens with one attached hydrogen (secondary N) is 1. The van der Waals surface area contributed by atoms with Gasteiger partial charge in [-0.2, -0.15) is 0 Å². The molecule has 1 aromatic rings. The Morgan fingerprint density at radius 1 is 1.21 bits per heavy atom. The molecule has 2 nitrogen and oxygen atoms in total. The van der Waals surface area contributed by atoms with Crippen molar-refractivity contribution < 1.29 is 0 Å². The van der Waals surface area contributed by atoms with Crippen molar-refractivity contribution in [2.45, 2.75) is 25.8 Å². The Kier molecular flexibility index (Phi) is 8.19. The first-order valence-corrected chi connectivity index (χ1v) is 5.15. The van der Waals surface area contributed by atoms with Crippen LogP contribution in [-0.4, -0.2) is 14.1 Å². The van der Waals surface area contributed by atoms with E-state index >= 15 is 0 Å². The molecule has 1 unspecified atom stereocenters. The number of hydrogen-bond donors (Lipinski definition) is 2. The minimum absolute atomic E-state index is 0.223. The first-order valence-electron chi connectivity index (χ1n) is 5.15. The summed E-state index contributed by atoms with van der Waals surface area (Å²) in [6.07, 6.45) is 2.22. The lowest BCUT2D eigenvalue weighted by molar-refractivity contribution is 0.638. The Labute approximate surface area is 87.5 Å². The summed E-state index contributed by atoms with van der Waals surface area (Å²) >= 11 is 0. The van der Waals surface area contributed by atoms with Crippen LogP contribution in [0.15, 0.2) is 30.3 Å². The summed E-state index contributed by atoms with van der Waals surface area (Å²) in [5.41, 5.74) is 7.15. The lowest BCUT2D eigenvalue weighted by Crippen LogP contribution is -2.08. The van der Waals surface area contributed by atoms with Crippen LogP contribution in [-0.2, 0) is 0 Å². The highest BCUT2D eigenvalue weighted by Crippen LogP contribution is 2.13. The molecule has 0 amide bonds. The van der Waals surface area contributed by atoms with Crippen LogP contribution in [0.2, 0.25) is 0 Å². The van der Waals surface area contributed by atoms with Crippen LogP contribution in [0.1, 0.15) is 31.4 Å². The van der Waals surface area contributed by atoms with Gasteiger partial charge in [-0.1, -0.05) is 43.7 Å². The molecule has 2 heteroatoms. The normalized spacial score (nSPS) is 11.4. The summed E-state index contributed by atoms with van der Waals surface area (Å²) in [5, 5.41) is 2.75. The summed E-state index contributed by atoms with van der Waals surface area (Å²) in [5.74, 6) is 0. The third kappa shape index (κ3) is 5.73. The second-order valence-corrected chi connectivity index (χ2v) is 3.31. The number of rotatable bonds is 3. The second kappa shape index (κ2) is 8.73. The average molecular weight is 194 g/mol. The molecule has 1 rings (SSSR count). The zero-order chi connectivity index (χ0) is 10.8. The van der Waals surface area contributed by atoms with Crippen LogP contribution in [0.25, 0.3) is 0 Å². The van der Waals surface area contributed by atoms with Gasteiger partial charge in [0.2, 0.25) is 0 Å². The van der Waals surface area contributed by atoms with Crippen molar-refractivity contribution in [1.82, 2.24) is 5.32 Å². The van der Waals surface area contributed by atoms with Gasteiger partial charge >= 0.3 is 0 Å². The van der Waals surface area contributed by atoms with E-state index in [2.05, 4.69) is 24.4 Å². The Morgan fingerprint density at radius 2 is 1.71 bits per heavy atom. The fourth-order valence-electron chi connectivity index (χ4n) is 1.18.